The number of rotatable bonds is 3. The molecule has 0 spiro atoms. The molecule has 1 fully saturated rings. The number of aromatic nitrogens is 1. The third-order valence-corrected chi connectivity index (χ3v) is 8.55. The van der Waals surface area contributed by atoms with Crippen molar-refractivity contribution in [1.29, 1.82) is 0 Å². The highest BCUT2D eigenvalue weighted by molar-refractivity contribution is 6.62. The quantitative estimate of drug-likeness (QED) is 0.210. The Morgan fingerprint density at radius 1 is 0.683 bits per heavy atom. The van der Waals surface area contributed by atoms with Gasteiger partial charge in [0.25, 0.3) is 0 Å². The first-order chi connectivity index (χ1) is 22.3. The summed E-state index contributed by atoms with van der Waals surface area (Å²) in [6, 6.07) is 22.4. The van der Waals surface area contributed by atoms with Gasteiger partial charge in [-0.25, -0.2) is 0 Å². The van der Waals surface area contributed by atoms with Gasteiger partial charge in [-0.2, -0.15) is 0 Å². The zero-order valence-corrected chi connectivity index (χ0v) is 23.2. The smallest absolute Gasteiger partial charge is 0.454 e. The fourth-order valence-corrected chi connectivity index (χ4v) is 5.68. The third kappa shape index (κ3) is 3.63. The van der Waals surface area contributed by atoms with Crippen molar-refractivity contribution >= 4 is 56.3 Å². The van der Waals surface area contributed by atoms with Crippen LogP contribution in [0.5, 0.6) is 0 Å². The van der Waals surface area contributed by atoms with Crippen LogP contribution in [-0.4, -0.2) is 22.9 Å². The average Bonchev–Trinajstić information content (AvgIpc) is 3.67. The molecule has 0 aliphatic carbocycles. The number of hydrogen-bond acceptors (Lipinski definition) is 3. The highest BCUT2D eigenvalue weighted by atomic mass is 16.7. The first-order valence-electron chi connectivity index (χ1n) is 16.7. The molecule has 5 heteroatoms. The molecule has 200 valence electrons. The lowest BCUT2D eigenvalue weighted by Crippen LogP contribution is -2.41. The van der Waals surface area contributed by atoms with Crippen molar-refractivity contribution in [1.82, 2.24) is 4.57 Å². The van der Waals surface area contributed by atoms with Crippen LogP contribution >= 0.6 is 0 Å². The van der Waals surface area contributed by atoms with Gasteiger partial charge in [0.1, 0.15) is 5.58 Å². The number of furan rings is 1. The maximum absolute atomic E-state index is 9.20. The molecule has 8 rings (SSSR count). The van der Waals surface area contributed by atoms with E-state index in [0.29, 0.717) is 0 Å². The zero-order chi connectivity index (χ0) is 33.2. The van der Waals surface area contributed by atoms with Crippen molar-refractivity contribution in [2.75, 3.05) is 0 Å². The molecule has 4 nitrogen and oxygen atoms in total. The molecule has 3 heterocycles. The molecule has 0 amide bonds. The lowest BCUT2D eigenvalue weighted by Gasteiger charge is -2.32. The highest BCUT2D eigenvalue weighted by Gasteiger charge is 2.51. The molecule has 1 aliphatic rings. The molecule has 41 heavy (non-hydrogen) atoms. The monoisotopic (exact) mass is 541 g/mol. The van der Waals surface area contributed by atoms with E-state index in [9.17, 15) is 1.37 Å². The summed E-state index contributed by atoms with van der Waals surface area (Å²) in [4.78, 5) is 0. The number of nitrogens with zero attached hydrogens (tertiary/aromatic N) is 1. The van der Waals surface area contributed by atoms with Gasteiger partial charge in [-0.15, -0.1) is 0 Å². The minimum Gasteiger partial charge on any atom is -0.454 e. The molecule has 0 radical (unpaired) electrons. The van der Waals surface area contributed by atoms with E-state index in [2.05, 4.69) is 18.2 Å². The van der Waals surface area contributed by atoms with Gasteiger partial charge in [-0.3, -0.25) is 0 Å². The van der Waals surface area contributed by atoms with E-state index in [0.717, 1.165) is 32.9 Å². The van der Waals surface area contributed by atoms with Crippen LogP contribution in [-0.2, 0) is 9.31 Å². The predicted octanol–water partition coefficient (Wildman–Crippen LogP) is 8.65. The second kappa shape index (κ2) is 8.59. The maximum atomic E-state index is 9.20. The summed E-state index contributed by atoms with van der Waals surface area (Å²) in [6.45, 7) is 7.50. The summed E-state index contributed by atoms with van der Waals surface area (Å²) in [6.07, 6.45) is 0. The largest absolute Gasteiger partial charge is 0.494 e. The summed E-state index contributed by atoms with van der Waals surface area (Å²) in [7, 11) is -1.08. The molecule has 0 saturated carbocycles. The van der Waals surface area contributed by atoms with E-state index in [-0.39, 0.29) is 69.3 Å². The average molecular weight is 541 g/mol. The van der Waals surface area contributed by atoms with Gasteiger partial charge in [0.05, 0.1) is 36.1 Å². The van der Waals surface area contributed by atoms with E-state index in [1.54, 1.807) is 0 Å². The molecule has 7 aromatic rings. The lowest BCUT2D eigenvalue weighted by molar-refractivity contribution is 0.00578. The topological polar surface area (TPSA) is 36.5 Å². The Balaban J connectivity index is 1.46. The highest BCUT2D eigenvalue weighted by Crippen LogP contribution is 2.40. The molecule has 0 unspecified atom stereocenters. The molecule has 0 atom stereocenters. The van der Waals surface area contributed by atoms with Gasteiger partial charge >= 0.3 is 7.12 Å². The number of benzene rings is 5. The first kappa shape index (κ1) is 18.9. The third-order valence-electron chi connectivity index (χ3n) is 8.55. The second-order valence-electron chi connectivity index (χ2n) is 11.6. The Kier molecular flexibility index (Phi) is 3.97. The molecular weight excluding hydrogens is 505 g/mol. The van der Waals surface area contributed by atoms with Gasteiger partial charge < -0.3 is 18.3 Å². The molecule has 1 aliphatic heterocycles. The maximum Gasteiger partial charge on any atom is 0.494 e. The summed E-state index contributed by atoms with van der Waals surface area (Å²) in [5.74, 6) is 0. The van der Waals surface area contributed by atoms with Crippen molar-refractivity contribution in [3.63, 3.8) is 0 Å². The van der Waals surface area contributed by atoms with E-state index in [4.69, 9.17) is 20.6 Å². The Morgan fingerprint density at radius 3 is 2.22 bits per heavy atom. The van der Waals surface area contributed by atoms with Crippen LogP contribution in [0.15, 0.2) is 113 Å². The van der Waals surface area contributed by atoms with Crippen LogP contribution in [0, 0.1) is 0 Å². The van der Waals surface area contributed by atoms with Crippen molar-refractivity contribution in [2.45, 2.75) is 38.9 Å². The van der Waals surface area contributed by atoms with Gasteiger partial charge in [0.15, 0.2) is 5.58 Å². The van der Waals surface area contributed by atoms with E-state index in [1.165, 1.54) is 0 Å². The van der Waals surface area contributed by atoms with Gasteiger partial charge in [0.2, 0.25) is 0 Å². The van der Waals surface area contributed by atoms with E-state index >= 15 is 0 Å². The fraction of sp³-hybridized carbons (Fsp3) is 0.167. The normalized spacial score (nSPS) is 18.5. The number of hydrogen-bond donors (Lipinski definition) is 0. The molecule has 2 aromatic heterocycles. The van der Waals surface area contributed by atoms with Crippen molar-refractivity contribution in [2.24, 2.45) is 0 Å². The Hall–Kier alpha value is -4.32. The van der Waals surface area contributed by atoms with Crippen molar-refractivity contribution in [3.8, 4) is 16.8 Å². The van der Waals surface area contributed by atoms with Gasteiger partial charge in [0, 0.05) is 21.5 Å². The lowest BCUT2D eigenvalue weighted by atomic mass is 9.79. The van der Waals surface area contributed by atoms with Crippen LogP contribution in [0.3, 0.4) is 0 Å². The fourth-order valence-electron chi connectivity index (χ4n) is 5.68. The van der Waals surface area contributed by atoms with Crippen LogP contribution < -0.4 is 5.46 Å². The predicted molar refractivity (Wildman–Crippen MR) is 169 cm³/mol. The van der Waals surface area contributed by atoms with E-state index < -0.39 is 18.3 Å². The Bertz CT molecular complexity index is 2440. The standard InChI is InChI=1S/C36H30BNO3/c1-35(2)36(3,4)41-37(40-35)25-18-19-27-28-14-10-16-32(34(28)39-33(27)22-25)38-30-15-9-8-13-26(30)29-21-24(17-20-31(29)38)23-11-6-5-7-12-23/h5-22H,1-4H3/i10D,14D,16D,18D,19D,22D. The minimum atomic E-state index is -1.08. The van der Waals surface area contributed by atoms with Crippen LogP contribution in [0.2, 0.25) is 0 Å². The molecule has 0 N–H and O–H groups in total. The second-order valence-corrected chi connectivity index (χ2v) is 11.6. The molecule has 0 bridgehead atoms. The molecular formula is C36H30BNO3. The SMILES string of the molecule is [2H]c1c([2H])c([2H])c2c(oc3c([2H])c(B4OC(C)(C)C(C)(C)O4)c([2H])c([2H])c32)c1-n1c2ccccc2c2cc(-c3ccccc3)ccc21. The Morgan fingerprint density at radius 2 is 1.41 bits per heavy atom. The zero-order valence-electron chi connectivity index (χ0n) is 29.2. The Labute approximate surface area is 247 Å². The molecule has 5 aromatic carbocycles. The molecule has 1 saturated heterocycles. The summed E-state index contributed by atoms with van der Waals surface area (Å²) in [5, 5.41) is 2.08. The summed E-state index contributed by atoms with van der Waals surface area (Å²) >= 11 is 0. The number of para-hydroxylation sites is 2. The minimum absolute atomic E-state index is 0.0161. The van der Waals surface area contributed by atoms with Crippen LogP contribution in [0.4, 0.5) is 0 Å². The van der Waals surface area contributed by atoms with E-state index in [1.807, 2.05) is 86.9 Å². The summed E-state index contributed by atoms with van der Waals surface area (Å²) in [5.41, 5.74) is 2.56. The van der Waals surface area contributed by atoms with Crippen molar-refractivity contribution in [3.05, 3.63) is 109 Å². The summed E-state index contributed by atoms with van der Waals surface area (Å²) < 4.78 is 74.9. The van der Waals surface area contributed by atoms with Crippen LogP contribution in [0.25, 0.3) is 60.6 Å². The number of fused-ring (bicyclic) bond motifs is 6. The van der Waals surface area contributed by atoms with Gasteiger partial charge in [-0.1, -0.05) is 78.8 Å². The van der Waals surface area contributed by atoms with Crippen molar-refractivity contribution < 1.29 is 22.0 Å². The van der Waals surface area contributed by atoms with Gasteiger partial charge in [-0.05, 0) is 74.6 Å². The van der Waals surface area contributed by atoms with Crippen LogP contribution in [0.1, 0.15) is 35.9 Å². The first-order valence-corrected chi connectivity index (χ1v) is 13.7.